The molecule has 1 aromatic heterocycles. The van der Waals surface area contributed by atoms with Crippen LogP contribution in [0.15, 0.2) is 30.3 Å². The van der Waals surface area contributed by atoms with Gasteiger partial charge in [-0.3, -0.25) is 13.9 Å². The maximum Gasteiger partial charge on any atom is 0.225 e. The number of thiophene rings is 1. The molecule has 7 heteroatoms. The number of halogens is 1. The molecule has 1 aliphatic heterocycles. The minimum Gasteiger partial charge on any atom is -0.355 e. The largest absolute Gasteiger partial charge is 0.355 e. The second kappa shape index (κ2) is 14.7. The number of hydrogen-bond acceptors (Lipinski definition) is 4. The molecule has 1 saturated heterocycles. The van der Waals surface area contributed by atoms with E-state index in [0.29, 0.717) is 13.0 Å². The SMILES string of the molecule is CC.CC.Cc1cc(Cl)cc(-c2ccc(CC(=O)NCCN3CCS(=O)CC3)s2)c1. The number of hydrogen-bond donors (Lipinski definition) is 1. The molecule has 30 heavy (non-hydrogen) atoms. The van der Waals surface area contributed by atoms with E-state index in [2.05, 4.69) is 16.3 Å². The number of nitrogens with zero attached hydrogens (tertiary/aromatic N) is 1. The summed E-state index contributed by atoms with van der Waals surface area (Å²) in [5, 5.41) is 3.72. The van der Waals surface area contributed by atoms with Gasteiger partial charge in [0.05, 0.1) is 6.42 Å². The van der Waals surface area contributed by atoms with Crippen molar-refractivity contribution in [2.24, 2.45) is 0 Å². The van der Waals surface area contributed by atoms with Crippen molar-refractivity contribution in [2.45, 2.75) is 41.0 Å². The van der Waals surface area contributed by atoms with Gasteiger partial charge in [-0.1, -0.05) is 45.4 Å². The second-order valence-electron chi connectivity index (χ2n) is 6.50. The van der Waals surface area contributed by atoms with Crippen LogP contribution in [0.2, 0.25) is 5.02 Å². The summed E-state index contributed by atoms with van der Waals surface area (Å²) in [7, 11) is -0.654. The van der Waals surface area contributed by atoms with Crippen molar-refractivity contribution in [1.29, 1.82) is 0 Å². The smallest absolute Gasteiger partial charge is 0.225 e. The lowest BCUT2D eigenvalue weighted by molar-refractivity contribution is -0.120. The highest BCUT2D eigenvalue weighted by molar-refractivity contribution is 7.85. The van der Waals surface area contributed by atoms with Gasteiger partial charge in [-0.05, 0) is 42.3 Å². The zero-order valence-electron chi connectivity index (χ0n) is 18.8. The quantitative estimate of drug-likeness (QED) is 0.634. The molecule has 3 rings (SSSR count). The molecule has 168 valence electrons. The van der Waals surface area contributed by atoms with Crippen LogP contribution in [0.1, 0.15) is 38.1 Å². The van der Waals surface area contributed by atoms with Crippen LogP contribution < -0.4 is 5.32 Å². The molecule has 1 fully saturated rings. The van der Waals surface area contributed by atoms with Crippen LogP contribution in [-0.4, -0.2) is 52.7 Å². The molecule has 1 aliphatic rings. The molecule has 2 heterocycles. The molecule has 0 atom stereocenters. The Morgan fingerprint density at radius 1 is 1.13 bits per heavy atom. The number of nitrogens with one attached hydrogen (secondary N) is 1. The van der Waals surface area contributed by atoms with Crippen LogP contribution in [0.25, 0.3) is 10.4 Å². The van der Waals surface area contributed by atoms with E-state index in [-0.39, 0.29) is 5.91 Å². The van der Waals surface area contributed by atoms with Gasteiger partial charge in [0.25, 0.3) is 0 Å². The van der Waals surface area contributed by atoms with Gasteiger partial charge in [0.1, 0.15) is 0 Å². The van der Waals surface area contributed by atoms with Gasteiger partial charge in [0.2, 0.25) is 5.91 Å². The minimum atomic E-state index is -0.654. The van der Waals surface area contributed by atoms with Crippen molar-refractivity contribution in [1.82, 2.24) is 10.2 Å². The number of carbonyl (C=O) groups is 1. The van der Waals surface area contributed by atoms with E-state index in [4.69, 9.17) is 11.6 Å². The minimum absolute atomic E-state index is 0.0428. The van der Waals surface area contributed by atoms with E-state index in [1.54, 1.807) is 11.3 Å². The second-order valence-corrected chi connectivity index (χ2v) is 9.80. The lowest BCUT2D eigenvalue weighted by Gasteiger charge is -2.25. The van der Waals surface area contributed by atoms with Gasteiger partial charge in [0.15, 0.2) is 0 Å². The summed E-state index contributed by atoms with van der Waals surface area (Å²) in [4.78, 5) is 16.6. The summed E-state index contributed by atoms with van der Waals surface area (Å²) in [6.07, 6.45) is 0.397. The molecular formula is C23H35ClN2O2S2. The molecule has 0 spiro atoms. The van der Waals surface area contributed by atoms with Crippen LogP contribution in [-0.2, 0) is 22.0 Å². The Morgan fingerprint density at radius 3 is 2.43 bits per heavy atom. The molecule has 4 nitrogen and oxygen atoms in total. The third-order valence-electron chi connectivity index (χ3n) is 4.34. The first-order valence-electron chi connectivity index (χ1n) is 10.7. The Balaban J connectivity index is 0.00000106. The van der Waals surface area contributed by atoms with Gasteiger partial charge in [-0.15, -0.1) is 11.3 Å². The van der Waals surface area contributed by atoms with E-state index in [1.807, 2.05) is 58.9 Å². The van der Waals surface area contributed by atoms with Crippen LogP contribution >= 0.6 is 22.9 Å². The maximum absolute atomic E-state index is 12.2. The number of benzene rings is 1. The van der Waals surface area contributed by atoms with Crippen molar-refractivity contribution >= 4 is 39.6 Å². The monoisotopic (exact) mass is 470 g/mol. The maximum atomic E-state index is 12.2. The van der Waals surface area contributed by atoms with E-state index in [1.165, 1.54) is 0 Å². The number of aryl methyl sites for hydroxylation is 1. The highest BCUT2D eigenvalue weighted by Crippen LogP contribution is 2.31. The fourth-order valence-electron chi connectivity index (χ4n) is 2.98. The predicted molar refractivity (Wildman–Crippen MR) is 133 cm³/mol. The fourth-order valence-corrected chi connectivity index (χ4v) is 5.39. The van der Waals surface area contributed by atoms with E-state index < -0.39 is 10.8 Å². The first-order valence-corrected chi connectivity index (χ1v) is 13.4. The van der Waals surface area contributed by atoms with Gasteiger partial charge < -0.3 is 5.32 Å². The van der Waals surface area contributed by atoms with Crippen molar-refractivity contribution in [3.63, 3.8) is 0 Å². The van der Waals surface area contributed by atoms with Gasteiger partial charge in [-0.25, -0.2) is 0 Å². The van der Waals surface area contributed by atoms with Crippen molar-refractivity contribution < 1.29 is 9.00 Å². The van der Waals surface area contributed by atoms with Crippen LogP contribution in [0.5, 0.6) is 0 Å². The fraction of sp³-hybridized carbons (Fsp3) is 0.522. The summed E-state index contributed by atoms with van der Waals surface area (Å²) >= 11 is 7.77. The van der Waals surface area contributed by atoms with E-state index in [9.17, 15) is 9.00 Å². The normalized spacial score (nSPS) is 14.2. The molecule has 0 saturated carbocycles. The molecule has 1 N–H and O–H groups in total. The molecule has 0 bridgehead atoms. The summed E-state index contributed by atoms with van der Waals surface area (Å²) in [5.41, 5.74) is 2.22. The summed E-state index contributed by atoms with van der Waals surface area (Å²) in [5.74, 6) is 1.53. The summed E-state index contributed by atoms with van der Waals surface area (Å²) < 4.78 is 11.3. The van der Waals surface area contributed by atoms with Gasteiger partial charge in [-0.2, -0.15) is 0 Å². The van der Waals surface area contributed by atoms with E-state index in [0.717, 1.165) is 57.0 Å². The van der Waals surface area contributed by atoms with Crippen LogP contribution in [0.3, 0.4) is 0 Å². The molecule has 0 aliphatic carbocycles. The van der Waals surface area contributed by atoms with E-state index >= 15 is 0 Å². The third-order valence-corrected chi connectivity index (χ3v) is 6.97. The molecule has 0 unspecified atom stereocenters. The van der Waals surface area contributed by atoms with Crippen LogP contribution in [0, 0.1) is 6.92 Å². The number of carbonyl (C=O) groups excluding carboxylic acids is 1. The molecular weight excluding hydrogens is 436 g/mol. The lowest BCUT2D eigenvalue weighted by Crippen LogP contribution is -2.42. The van der Waals surface area contributed by atoms with Crippen LogP contribution in [0.4, 0.5) is 0 Å². The number of amides is 1. The molecule has 0 radical (unpaired) electrons. The zero-order chi connectivity index (χ0) is 22.5. The molecule has 1 amide bonds. The van der Waals surface area contributed by atoms with Gasteiger partial charge in [0, 0.05) is 63.3 Å². The molecule has 2 aromatic rings. The Hall–Kier alpha value is -1.21. The summed E-state index contributed by atoms with van der Waals surface area (Å²) in [6, 6.07) is 10.1. The average molecular weight is 471 g/mol. The Morgan fingerprint density at radius 2 is 1.80 bits per heavy atom. The Labute approximate surface area is 193 Å². The predicted octanol–water partition coefficient (Wildman–Crippen LogP) is 5.15. The zero-order valence-corrected chi connectivity index (χ0v) is 21.2. The van der Waals surface area contributed by atoms with Gasteiger partial charge >= 0.3 is 0 Å². The highest BCUT2D eigenvalue weighted by Gasteiger charge is 2.15. The highest BCUT2D eigenvalue weighted by atomic mass is 35.5. The molecule has 1 aromatic carbocycles. The lowest BCUT2D eigenvalue weighted by atomic mass is 10.1. The van der Waals surface area contributed by atoms with Crippen molar-refractivity contribution in [3.8, 4) is 10.4 Å². The van der Waals surface area contributed by atoms with Crippen molar-refractivity contribution in [2.75, 3.05) is 37.7 Å². The third kappa shape index (κ3) is 9.29. The first kappa shape index (κ1) is 26.8. The standard InChI is InChI=1S/C19H23ClN2O2S2.2C2H6/c1-14-10-15(12-16(20)11-14)18-3-2-17(25-18)13-19(23)21-4-5-22-6-8-26(24)9-7-22;2*1-2/h2-3,10-12H,4-9,13H2,1H3,(H,21,23);2*1-2H3. The Kier molecular flexibility index (Phi) is 13.2. The first-order chi connectivity index (χ1) is 14.5. The number of rotatable bonds is 6. The average Bonchev–Trinajstić information content (AvgIpc) is 3.20. The topological polar surface area (TPSA) is 49.4 Å². The Bertz CT molecular complexity index is 778. The summed E-state index contributed by atoms with van der Waals surface area (Å²) in [6.45, 7) is 13.2. The van der Waals surface area contributed by atoms with Crippen molar-refractivity contribution in [3.05, 3.63) is 45.8 Å².